The predicted octanol–water partition coefficient (Wildman–Crippen LogP) is 5.21. The zero-order valence-corrected chi connectivity index (χ0v) is 21.4. The maximum atomic E-state index is 13.6. The van der Waals surface area contributed by atoms with E-state index in [1.807, 2.05) is 0 Å². The number of amides is 2. The maximum Gasteiger partial charge on any atom is 0.452 e. The molecule has 5 rings (SSSR count). The van der Waals surface area contributed by atoms with Gasteiger partial charge in [0.25, 0.3) is 5.91 Å². The van der Waals surface area contributed by atoms with Crippen LogP contribution in [-0.2, 0) is 15.8 Å². The van der Waals surface area contributed by atoms with Crippen molar-refractivity contribution in [2.24, 2.45) is 11.8 Å². The number of carboxylic acid groups (broad SMARTS) is 1. The van der Waals surface area contributed by atoms with E-state index in [1.165, 1.54) is 18.3 Å². The van der Waals surface area contributed by atoms with E-state index in [0.717, 1.165) is 12.1 Å². The summed E-state index contributed by atoms with van der Waals surface area (Å²) in [6.45, 7) is 0.977. The number of halogens is 3. The molecule has 2 aromatic heterocycles. The Morgan fingerprint density at radius 2 is 1.68 bits per heavy atom. The molecule has 12 heteroatoms. The lowest BCUT2D eigenvalue weighted by Crippen LogP contribution is -2.43. The van der Waals surface area contributed by atoms with E-state index in [4.69, 9.17) is 4.42 Å². The molecule has 1 saturated heterocycles. The number of nitrogens with one attached hydrogen (secondary N) is 1. The highest BCUT2D eigenvalue weighted by atomic mass is 19.4. The summed E-state index contributed by atoms with van der Waals surface area (Å²) >= 11 is 0. The Morgan fingerprint density at radius 1 is 0.975 bits per heavy atom. The van der Waals surface area contributed by atoms with Gasteiger partial charge >= 0.3 is 12.1 Å². The van der Waals surface area contributed by atoms with E-state index < -0.39 is 41.3 Å². The van der Waals surface area contributed by atoms with Crippen molar-refractivity contribution in [1.29, 1.82) is 0 Å². The number of carboxylic acids is 1. The molecule has 1 saturated carbocycles. The molecule has 2 unspecified atom stereocenters. The number of hydrogen-bond donors (Lipinski definition) is 2. The van der Waals surface area contributed by atoms with Crippen molar-refractivity contribution >= 4 is 23.5 Å². The Hall–Kier alpha value is -4.22. The number of rotatable bonds is 6. The second kappa shape index (κ2) is 11.1. The fraction of sp³-hybridized carbons (Fsp3) is 0.393. The van der Waals surface area contributed by atoms with Gasteiger partial charge in [-0.25, -0.2) is 4.98 Å². The summed E-state index contributed by atoms with van der Waals surface area (Å²) < 4.78 is 45.7. The molecule has 3 heterocycles. The normalized spacial score (nSPS) is 19.9. The smallest absolute Gasteiger partial charge is 0.452 e. The summed E-state index contributed by atoms with van der Waals surface area (Å²) in [5.74, 6) is -4.94. The number of benzene rings is 1. The SMILES string of the molecule is O=C(Nc1ccc(C2CCN(C(=O)C3CCCC3C(=O)O)CC2)nc1)c1nc(-c2ccccc2)oc1C(F)(F)F. The summed E-state index contributed by atoms with van der Waals surface area (Å²) in [6.07, 6.45) is -0.410. The quantitative estimate of drug-likeness (QED) is 0.427. The van der Waals surface area contributed by atoms with Crippen LogP contribution >= 0.6 is 0 Å². The fourth-order valence-electron chi connectivity index (χ4n) is 5.46. The third-order valence-corrected chi connectivity index (χ3v) is 7.54. The van der Waals surface area contributed by atoms with Gasteiger partial charge in [0.05, 0.1) is 23.7 Å². The number of aliphatic carboxylic acids is 1. The van der Waals surface area contributed by atoms with Gasteiger partial charge in [-0.3, -0.25) is 19.4 Å². The van der Waals surface area contributed by atoms with E-state index in [0.29, 0.717) is 44.3 Å². The van der Waals surface area contributed by atoms with E-state index in [-0.39, 0.29) is 23.4 Å². The van der Waals surface area contributed by atoms with E-state index in [2.05, 4.69) is 15.3 Å². The van der Waals surface area contributed by atoms with Gasteiger partial charge in [0.1, 0.15) is 0 Å². The van der Waals surface area contributed by atoms with Crippen LogP contribution in [0.15, 0.2) is 53.1 Å². The minimum absolute atomic E-state index is 0.0495. The summed E-state index contributed by atoms with van der Waals surface area (Å²) in [6, 6.07) is 11.2. The number of nitrogens with zero attached hydrogens (tertiary/aromatic N) is 3. The van der Waals surface area contributed by atoms with Crippen molar-refractivity contribution in [3.63, 3.8) is 0 Å². The van der Waals surface area contributed by atoms with Crippen LogP contribution in [-0.4, -0.2) is 50.8 Å². The van der Waals surface area contributed by atoms with Gasteiger partial charge in [0.15, 0.2) is 5.69 Å². The van der Waals surface area contributed by atoms with Gasteiger partial charge in [-0.05, 0) is 49.9 Å². The minimum atomic E-state index is -4.92. The second-order valence-corrected chi connectivity index (χ2v) is 10.1. The summed E-state index contributed by atoms with van der Waals surface area (Å²) in [5, 5.41) is 11.8. The highest BCUT2D eigenvalue weighted by molar-refractivity contribution is 6.03. The highest BCUT2D eigenvalue weighted by Gasteiger charge is 2.42. The second-order valence-electron chi connectivity index (χ2n) is 10.1. The van der Waals surface area contributed by atoms with Crippen molar-refractivity contribution in [3.05, 3.63) is 65.8 Å². The molecule has 3 aromatic rings. The van der Waals surface area contributed by atoms with Crippen LogP contribution < -0.4 is 5.32 Å². The molecule has 2 aliphatic rings. The van der Waals surface area contributed by atoms with Gasteiger partial charge in [-0.15, -0.1) is 0 Å². The number of alkyl halides is 3. The molecule has 2 N–H and O–H groups in total. The average molecular weight is 557 g/mol. The first-order chi connectivity index (χ1) is 19.1. The Balaban J connectivity index is 1.22. The lowest BCUT2D eigenvalue weighted by Gasteiger charge is -2.34. The third-order valence-electron chi connectivity index (χ3n) is 7.54. The number of anilines is 1. The van der Waals surface area contributed by atoms with Gasteiger partial charge in [0, 0.05) is 30.3 Å². The van der Waals surface area contributed by atoms with Crippen LogP contribution in [0.1, 0.15) is 60.0 Å². The Bertz CT molecular complexity index is 1380. The molecule has 0 bridgehead atoms. The van der Waals surface area contributed by atoms with Gasteiger partial charge in [-0.1, -0.05) is 24.6 Å². The number of pyridine rings is 1. The van der Waals surface area contributed by atoms with Crippen molar-refractivity contribution in [2.45, 2.75) is 44.2 Å². The van der Waals surface area contributed by atoms with E-state index >= 15 is 0 Å². The number of piperidine rings is 1. The number of aromatic nitrogens is 2. The number of likely N-dealkylation sites (tertiary alicyclic amines) is 1. The summed E-state index contributed by atoms with van der Waals surface area (Å²) in [4.78, 5) is 47.1. The van der Waals surface area contributed by atoms with Crippen LogP contribution in [0.4, 0.5) is 18.9 Å². The monoisotopic (exact) mass is 556 g/mol. The lowest BCUT2D eigenvalue weighted by molar-refractivity contribution is -0.153. The van der Waals surface area contributed by atoms with Crippen molar-refractivity contribution in [1.82, 2.24) is 14.9 Å². The molecule has 2 atom stereocenters. The van der Waals surface area contributed by atoms with Crippen molar-refractivity contribution < 1.29 is 37.1 Å². The minimum Gasteiger partial charge on any atom is -0.481 e. The highest BCUT2D eigenvalue weighted by Crippen LogP contribution is 2.37. The summed E-state index contributed by atoms with van der Waals surface area (Å²) in [5.41, 5.74) is 0.355. The standard InChI is InChI=1S/C28H27F3N4O5/c29-28(30,31)23-22(34-25(40-23)17-5-2-1-3-6-17)24(36)33-18-9-10-21(32-15-18)16-11-13-35(14-12-16)26(37)19-7-4-8-20(19)27(38)39/h1-3,5-6,9-10,15-16,19-20H,4,7-8,11-14H2,(H,33,36)(H,38,39). The van der Waals surface area contributed by atoms with Crippen LogP contribution in [0.25, 0.3) is 11.5 Å². The predicted molar refractivity (Wildman–Crippen MR) is 136 cm³/mol. The fourth-order valence-corrected chi connectivity index (χ4v) is 5.46. The molecular weight excluding hydrogens is 529 g/mol. The molecular formula is C28H27F3N4O5. The molecule has 1 aromatic carbocycles. The molecule has 0 spiro atoms. The van der Waals surface area contributed by atoms with E-state index in [1.54, 1.807) is 35.2 Å². The van der Waals surface area contributed by atoms with Crippen LogP contribution in [0, 0.1) is 11.8 Å². The van der Waals surface area contributed by atoms with Gasteiger partial charge in [0.2, 0.25) is 17.6 Å². The number of carbonyl (C=O) groups is 3. The van der Waals surface area contributed by atoms with Crippen molar-refractivity contribution in [3.8, 4) is 11.5 Å². The van der Waals surface area contributed by atoms with Crippen molar-refractivity contribution in [2.75, 3.05) is 18.4 Å². The molecule has 1 aliphatic heterocycles. The molecule has 40 heavy (non-hydrogen) atoms. The average Bonchev–Trinajstić information content (AvgIpc) is 3.62. The number of oxazole rings is 1. The topological polar surface area (TPSA) is 126 Å². The first-order valence-electron chi connectivity index (χ1n) is 13.0. The number of carbonyl (C=O) groups excluding carboxylic acids is 2. The molecule has 210 valence electrons. The lowest BCUT2D eigenvalue weighted by atomic mass is 9.90. The first-order valence-corrected chi connectivity index (χ1v) is 13.0. The number of hydrogen-bond acceptors (Lipinski definition) is 6. The first kappa shape index (κ1) is 27.4. The van der Waals surface area contributed by atoms with E-state index in [9.17, 15) is 32.7 Å². The Kier molecular flexibility index (Phi) is 7.59. The largest absolute Gasteiger partial charge is 0.481 e. The molecule has 9 nitrogen and oxygen atoms in total. The molecule has 0 radical (unpaired) electrons. The maximum absolute atomic E-state index is 13.6. The molecule has 2 amide bonds. The van der Waals surface area contributed by atoms with Crippen LogP contribution in [0.5, 0.6) is 0 Å². The van der Waals surface area contributed by atoms with Crippen LogP contribution in [0.2, 0.25) is 0 Å². The Labute approximate surface area is 227 Å². The zero-order valence-electron chi connectivity index (χ0n) is 21.4. The van der Waals surface area contributed by atoms with Gasteiger partial charge in [-0.2, -0.15) is 13.2 Å². The van der Waals surface area contributed by atoms with Crippen LogP contribution in [0.3, 0.4) is 0 Å². The molecule has 1 aliphatic carbocycles. The summed E-state index contributed by atoms with van der Waals surface area (Å²) in [7, 11) is 0. The zero-order chi connectivity index (χ0) is 28.4. The Morgan fingerprint density at radius 3 is 2.30 bits per heavy atom. The third kappa shape index (κ3) is 5.70. The molecule has 2 fully saturated rings. The van der Waals surface area contributed by atoms with Gasteiger partial charge < -0.3 is 19.7 Å².